The Hall–Kier alpha value is -2.22. The molecule has 2 aromatic carbocycles. The number of aryl methyl sites for hydroxylation is 2. The Morgan fingerprint density at radius 3 is 2.29 bits per heavy atom. The zero-order chi connectivity index (χ0) is 22.9. The van der Waals surface area contributed by atoms with Gasteiger partial charge in [0.05, 0.1) is 4.90 Å². The average Bonchev–Trinajstić information content (AvgIpc) is 2.75. The molecule has 7 heteroatoms. The molecule has 31 heavy (non-hydrogen) atoms. The van der Waals surface area contributed by atoms with Gasteiger partial charge in [-0.2, -0.15) is 0 Å². The standard InChI is InChI=1S/C24H35N3O3S/c1-5-27(6-2)22(17-21-10-8-7-9-11-21)18-25-24(28)14-15-26-31(29,30)23-13-12-19(3)20(4)16-23/h7-13,16,22,26H,5-6,14-15,17-18H2,1-4H3,(H,25,28). The average molecular weight is 446 g/mol. The molecule has 0 aliphatic heterocycles. The summed E-state index contributed by atoms with van der Waals surface area (Å²) in [4.78, 5) is 14.9. The minimum absolute atomic E-state index is 0.0652. The highest BCUT2D eigenvalue weighted by molar-refractivity contribution is 7.89. The first-order valence-corrected chi connectivity index (χ1v) is 12.4. The van der Waals surface area contributed by atoms with E-state index in [9.17, 15) is 13.2 Å². The van der Waals surface area contributed by atoms with E-state index in [-0.39, 0.29) is 29.8 Å². The Bertz CT molecular complexity index is 942. The van der Waals surface area contributed by atoms with Crippen molar-refractivity contribution in [2.45, 2.75) is 51.5 Å². The maximum absolute atomic E-state index is 12.5. The summed E-state index contributed by atoms with van der Waals surface area (Å²) in [5, 5.41) is 2.98. The Labute approximate surface area is 187 Å². The molecule has 0 saturated heterocycles. The minimum atomic E-state index is -3.63. The number of nitrogens with zero attached hydrogens (tertiary/aromatic N) is 1. The SMILES string of the molecule is CCN(CC)C(CNC(=O)CCNS(=O)(=O)c1ccc(C)c(C)c1)Cc1ccccc1. The summed E-state index contributed by atoms with van der Waals surface area (Å²) >= 11 is 0. The molecule has 0 aromatic heterocycles. The lowest BCUT2D eigenvalue weighted by Crippen LogP contribution is -2.45. The number of sulfonamides is 1. The van der Waals surface area contributed by atoms with Gasteiger partial charge in [-0.15, -0.1) is 0 Å². The normalized spacial score (nSPS) is 12.7. The number of benzene rings is 2. The van der Waals surface area contributed by atoms with E-state index in [0.717, 1.165) is 30.6 Å². The topological polar surface area (TPSA) is 78.5 Å². The first-order chi connectivity index (χ1) is 14.8. The van der Waals surface area contributed by atoms with Crippen LogP contribution in [-0.4, -0.2) is 51.4 Å². The van der Waals surface area contributed by atoms with Crippen molar-refractivity contribution in [3.63, 3.8) is 0 Å². The second-order valence-corrected chi connectivity index (χ2v) is 9.53. The lowest BCUT2D eigenvalue weighted by molar-refractivity contribution is -0.121. The Balaban J connectivity index is 1.87. The second kappa shape index (κ2) is 12.0. The molecular weight excluding hydrogens is 410 g/mol. The molecule has 6 nitrogen and oxygen atoms in total. The van der Waals surface area contributed by atoms with Gasteiger partial charge in [0.25, 0.3) is 0 Å². The molecule has 2 aromatic rings. The van der Waals surface area contributed by atoms with E-state index >= 15 is 0 Å². The molecule has 0 spiro atoms. The van der Waals surface area contributed by atoms with E-state index in [1.807, 2.05) is 32.0 Å². The van der Waals surface area contributed by atoms with Crippen molar-refractivity contribution in [2.75, 3.05) is 26.2 Å². The van der Waals surface area contributed by atoms with E-state index in [0.29, 0.717) is 6.54 Å². The fraction of sp³-hybridized carbons (Fsp3) is 0.458. The monoisotopic (exact) mass is 445 g/mol. The van der Waals surface area contributed by atoms with E-state index in [4.69, 9.17) is 0 Å². The molecule has 0 fully saturated rings. The van der Waals surface area contributed by atoms with Crippen LogP contribution >= 0.6 is 0 Å². The fourth-order valence-electron chi connectivity index (χ4n) is 3.54. The van der Waals surface area contributed by atoms with Crippen LogP contribution in [0, 0.1) is 13.8 Å². The van der Waals surface area contributed by atoms with Gasteiger partial charge in [-0.25, -0.2) is 13.1 Å². The van der Waals surface area contributed by atoms with Gasteiger partial charge in [0, 0.05) is 25.6 Å². The molecular formula is C24H35N3O3S. The summed E-state index contributed by atoms with van der Waals surface area (Å²) in [5.74, 6) is -0.159. The van der Waals surface area contributed by atoms with Crippen molar-refractivity contribution in [1.82, 2.24) is 14.9 Å². The van der Waals surface area contributed by atoms with Crippen molar-refractivity contribution >= 4 is 15.9 Å². The fourth-order valence-corrected chi connectivity index (χ4v) is 4.66. The van der Waals surface area contributed by atoms with E-state index in [1.165, 1.54) is 5.56 Å². The van der Waals surface area contributed by atoms with Crippen molar-refractivity contribution in [1.29, 1.82) is 0 Å². The quantitative estimate of drug-likeness (QED) is 0.526. The van der Waals surface area contributed by atoms with Crippen molar-refractivity contribution in [3.05, 3.63) is 65.2 Å². The van der Waals surface area contributed by atoms with Gasteiger partial charge in [-0.1, -0.05) is 50.2 Å². The van der Waals surface area contributed by atoms with Crippen molar-refractivity contribution < 1.29 is 13.2 Å². The molecule has 1 amide bonds. The third-order valence-electron chi connectivity index (χ3n) is 5.61. The van der Waals surface area contributed by atoms with Crippen LogP contribution in [0.25, 0.3) is 0 Å². The molecule has 0 aliphatic rings. The summed E-state index contributed by atoms with van der Waals surface area (Å²) in [6.45, 7) is 10.4. The number of rotatable bonds is 12. The first-order valence-electron chi connectivity index (χ1n) is 10.9. The Morgan fingerprint density at radius 1 is 1.00 bits per heavy atom. The van der Waals surface area contributed by atoms with E-state index in [2.05, 4.69) is 40.9 Å². The van der Waals surface area contributed by atoms with Crippen LogP contribution in [0.15, 0.2) is 53.4 Å². The number of amides is 1. The van der Waals surface area contributed by atoms with Crippen LogP contribution in [0.5, 0.6) is 0 Å². The molecule has 2 N–H and O–H groups in total. The van der Waals surface area contributed by atoms with Gasteiger partial charge in [-0.3, -0.25) is 9.69 Å². The van der Waals surface area contributed by atoms with Gasteiger partial charge in [0.15, 0.2) is 0 Å². The van der Waals surface area contributed by atoms with Crippen LogP contribution in [0.1, 0.15) is 37.0 Å². The van der Waals surface area contributed by atoms with Gasteiger partial charge in [0.1, 0.15) is 0 Å². The third kappa shape index (κ3) is 7.76. The van der Waals surface area contributed by atoms with E-state index < -0.39 is 10.0 Å². The maximum Gasteiger partial charge on any atom is 0.240 e. The lowest BCUT2D eigenvalue weighted by Gasteiger charge is -2.30. The zero-order valence-electron chi connectivity index (χ0n) is 19.0. The highest BCUT2D eigenvalue weighted by Gasteiger charge is 2.18. The molecule has 2 rings (SSSR count). The summed E-state index contributed by atoms with van der Waals surface area (Å²) in [6, 6.07) is 15.4. The van der Waals surface area contributed by atoms with Gasteiger partial charge in [-0.05, 0) is 62.2 Å². The molecule has 1 atom stereocenters. The molecule has 0 bridgehead atoms. The number of carbonyl (C=O) groups is 1. The van der Waals surface area contributed by atoms with Crippen molar-refractivity contribution in [2.24, 2.45) is 0 Å². The number of likely N-dealkylation sites (N-methyl/N-ethyl adjacent to an activating group) is 1. The predicted octanol–water partition coefficient (Wildman–Crippen LogP) is 3.04. The van der Waals surface area contributed by atoms with Crippen LogP contribution in [0.3, 0.4) is 0 Å². The minimum Gasteiger partial charge on any atom is -0.354 e. The van der Waals surface area contributed by atoms with Crippen LogP contribution in [-0.2, 0) is 21.2 Å². The van der Waals surface area contributed by atoms with Gasteiger partial charge >= 0.3 is 0 Å². The van der Waals surface area contributed by atoms with Crippen molar-refractivity contribution in [3.8, 4) is 0 Å². The number of hydrogen-bond acceptors (Lipinski definition) is 4. The highest BCUT2D eigenvalue weighted by Crippen LogP contribution is 2.14. The smallest absolute Gasteiger partial charge is 0.240 e. The number of carbonyl (C=O) groups excluding carboxylic acids is 1. The Morgan fingerprint density at radius 2 is 1.68 bits per heavy atom. The molecule has 0 aliphatic carbocycles. The van der Waals surface area contributed by atoms with E-state index in [1.54, 1.807) is 18.2 Å². The summed E-state index contributed by atoms with van der Waals surface area (Å²) in [6.07, 6.45) is 0.947. The number of nitrogens with one attached hydrogen (secondary N) is 2. The largest absolute Gasteiger partial charge is 0.354 e. The predicted molar refractivity (Wildman–Crippen MR) is 126 cm³/mol. The molecule has 170 valence electrons. The third-order valence-corrected chi connectivity index (χ3v) is 7.07. The number of hydrogen-bond donors (Lipinski definition) is 2. The lowest BCUT2D eigenvalue weighted by atomic mass is 10.0. The molecule has 0 heterocycles. The first kappa shape index (κ1) is 25.0. The molecule has 0 radical (unpaired) electrons. The highest BCUT2D eigenvalue weighted by atomic mass is 32.2. The van der Waals surface area contributed by atoms with Gasteiger partial charge in [0.2, 0.25) is 15.9 Å². The van der Waals surface area contributed by atoms with Crippen LogP contribution in [0.2, 0.25) is 0 Å². The molecule has 1 unspecified atom stereocenters. The zero-order valence-corrected chi connectivity index (χ0v) is 19.8. The summed E-state index contributed by atoms with van der Waals surface area (Å²) in [5.41, 5.74) is 3.19. The van der Waals surface area contributed by atoms with Crippen LogP contribution in [0.4, 0.5) is 0 Å². The summed E-state index contributed by atoms with van der Waals surface area (Å²) < 4.78 is 27.5. The second-order valence-electron chi connectivity index (χ2n) is 7.76. The molecule has 0 saturated carbocycles. The maximum atomic E-state index is 12.5. The van der Waals surface area contributed by atoms with Gasteiger partial charge < -0.3 is 5.32 Å². The summed E-state index contributed by atoms with van der Waals surface area (Å²) in [7, 11) is -3.63. The Kier molecular flexibility index (Phi) is 9.68. The van der Waals surface area contributed by atoms with Crippen LogP contribution < -0.4 is 10.0 Å².